The number of amides is 1. The molecule has 34 heavy (non-hydrogen) atoms. The third-order valence-electron chi connectivity index (χ3n) is 6.26. The number of benzene rings is 3. The van der Waals surface area contributed by atoms with Crippen LogP contribution in [0.15, 0.2) is 78.9 Å². The van der Waals surface area contributed by atoms with Gasteiger partial charge in [0, 0.05) is 18.7 Å². The summed E-state index contributed by atoms with van der Waals surface area (Å²) >= 11 is 0. The Labute approximate surface area is 202 Å². The lowest BCUT2D eigenvalue weighted by molar-refractivity contribution is 0.0605. The molecule has 0 bridgehead atoms. The smallest absolute Gasteiger partial charge is 0.254 e. The molecule has 1 heterocycles. The van der Waals surface area contributed by atoms with E-state index < -0.39 is 0 Å². The van der Waals surface area contributed by atoms with Crippen molar-refractivity contribution in [3.63, 3.8) is 0 Å². The number of carbonyl (C=O) groups excluding carboxylic acids is 1. The third-order valence-corrected chi connectivity index (χ3v) is 6.26. The fraction of sp³-hybridized carbons (Fsp3) is 0.310. The number of nitrogens with two attached hydrogens (primary N) is 1. The Bertz CT molecular complexity index is 1230. The normalized spacial score (nSPS) is 12.3. The van der Waals surface area contributed by atoms with Crippen molar-refractivity contribution in [2.75, 3.05) is 13.1 Å². The highest BCUT2D eigenvalue weighted by atomic mass is 16.2. The van der Waals surface area contributed by atoms with Crippen LogP contribution in [0.1, 0.15) is 53.6 Å². The number of aryl methyl sites for hydroxylation is 1. The molecule has 0 aliphatic rings. The van der Waals surface area contributed by atoms with E-state index in [1.54, 1.807) is 0 Å². The number of aromatic nitrogens is 2. The van der Waals surface area contributed by atoms with Gasteiger partial charge >= 0.3 is 0 Å². The first-order valence-electron chi connectivity index (χ1n) is 12.1. The second-order valence-electron chi connectivity index (χ2n) is 9.23. The van der Waals surface area contributed by atoms with Crippen LogP contribution < -0.4 is 5.73 Å². The molecule has 0 aliphatic carbocycles. The number of nitrogens with zero attached hydrogens (tertiary/aromatic N) is 3. The number of carbonyl (C=O) groups is 1. The Kier molecular flexibility index (Phi) is 7.43. The number of fused-ring (bicyclic) bond motifs is 1. The van der Waals surface area contributed by atoms with E-state index in [4.69, 9.17) is 10.7 Å². The summed E-state index contributed by atoms with van der Waals surface area (Å²) in [5, 5.41) is 0. The number of imidazole rings is 1. The Balaban J connectivity index is 1.83. The molecule has 176 valence electrons. The van der Waals surface area contributed by atoms with Gasteiger partial charge in [0.1, 0.15) is 5.82 Å². The zero-order chi connectivity index (χ0) is 24.1. The van der Waals surface area contributed by atoms with Crippen molar-refractivity contribution < 1.29 is 4.79 Å². The van der Waals surface area contributed by atoms with Crippen LogP contribution >= 0.6 is 0 Å². The van der Waals surface area contributed by atoms with Crippen LogP contribution in [-0.4, -0.2) is 33.4 Å². The van der Waals surface area contributed by atoms with Crippen LogP contribution in [0.5, 0.6) is 0 Å². The topological polar surface area (TPSA) is 64.2 Å². The largest absolute Gasteiger partial charge is 0.330 e. The van der Waals surface area contributed by atoms with Gasteiger partial charge in [-0.2, -0.15) is 0 Å². The van der Waals surface area contributed by atoms with Crippen molar-refractivity contribution in [3.8, 4) is 0 Å². The van der Waals surface area contributed by atoms with Gasteiger partial charge in [-0.15, -0.1) is 0 Å². The molecule has 0 saturated heterocycles. The second-order valence-corrected chi connectivity index (χ2v) is 9.23. The highest BCUT2D eigenvalue weighted by molar-refractivity contribution is 5.94. The van der Waals surface area contributed by atoms with Crippen molar-refractivity contribution in [2.45, 2.75) is 39.8 Å². The van der Waals surface area contributed by atoms with E-state index in [1.807, 2.05) is 60.4 Å². The molecular weight excluding hydrogens is 420 g/mol. The van der Waals surface area contributed by atoms with E-state index in [1.165, 1.54) is 5.56 Å². The van der Waals surface area contributed by atoms with Crippen molar-refractivity contribution >= 4 is 16.9 Å². The summed E-state index contributed by atoms with van der Waals surface area (Å²) in [6.07, 6.45) is 0.736. The monoisotopic (exact) mass is 454 g/mol. The van der Waals surface area contributed by atoms with Crippen molar-refractivity contribution in [2.24, 2.45) is 11.7 Å². The zero-order valence-corrected chi connectivity index (χ0v) is 20.3. The van der Waals surface area contributed by atoms with Gasteiger partial charge in [-0.25, -0.2) is 4.98 Å². The molecule has 1 atom stereocenters. The second kappa shape index (κ2) is 10.7. The molecule has 0 fully saturated rings. The maximum absolute atomic E-state index is 13.8. The van der Waals surface area contributed by atoms with Crippen LogP contribution in [0.3, 0.4) is 0 Å². The molecule has 2 N–H and O–H groups in total. The molecule has 4 aromatic rings. The maximum Gasteiger partial charge on any atom is 0.254 e. The van der Waals surface area contributed by atoms with E-state index in [2.05, 4.69) is 48.7 Å². The van der Waals surface area contributed by atoms with Crippen LogP contribution in [0.2, 0.25) is 0 Å². The SMILES string of the molecule is Cc1ccc(C(=O)N(CCCN)C(c2nc3ccccc3n2Cc2ccccc2)C(C)C)cc1. The van der Waals surface area contributed by atoms with E-state index in [0.29, 0.717) is 25.2 Å². The summed E-state index contributed by atoms with van der Waals surface area (Å²) in [7, 11) is 0. The van der Waals surface area contributed by atoms with Crippen molar-refractivity contribution in [3.05, 3.63) is 101 Å². The van der Waals surface area contributed by atoms with E-state index in [-0.39, 0.29) is 17.9 Å². The summed E-state index contributed by atoms with van der Waals surface area (Å²) in [6, 6.07) is 26.2. The summed E-state index contributed by atoms with van der Waals surface area (Å²) in [5.41, 5.74) is 10.9. The van der Waals surface area contributed by atoms with Gasteiger partial charge in [0.25, 0.3) is 5.91 Å². The minimum Gasteiger partial charge on any atom is -0.330 e. The molecule has 4 rings (SSSR count). The van der Waals surface area contributed by atoms with Gasteiger partial charge in [-0.1, -0.05) is 74.0 Å². The minimum absolute atomic E-state index is 0.0190. The zero-order valence-electron chi connectivity index (χ0n) is 20.3. The molecule has 0 spiro atoms. The Hall–Kier alpha value is -3.44. The first-order chi connectivity index (χ1) is 16.5. The number of para-hydroxylation sites is 2. The van der Waals surface area contributed by atoms with Crippen LogP contribution in [-0.2, 0) is 6.54 Å². The molecule has 5 heteroatoms. The van der Waals surface area contributed by atoms with Gasteiger partial charge in [-0.05, 0) is 55.6 Å². The highest BCUT2D eigenvalue weighted by Gasteiger charge is 2.32. The summed E-state index contributed by atoms with van der Waals surface area (Å²) in [4.78, 5) is 20.9. The standard InChI is InChI=1S/C29H34N4O/c1-21(2)27(32(19-9-18-30)29(34)24-16-14-22(3)15-17-24)28-31-25-12-7-8-13-26(25)33(28)20-23-10-5-4-6-11-23/h4-8,10-17,21,27H,9,18-20,30H2,1-3H3. The Morgan fingerprint density at radius 2 is 1.65 bits per heavy atom. The lowest BCUT2D eigenvalue weighted by atomic mass is 9.99. The van der Waals surface area contributed by atoms with Crippen LogP contribution in [0.4, 0.5) is 0 Å². The molecule has 5 nitrogen and oxygen atoms in total. The third kappa shape index (κ3) is 5.05. The summed E-state index contributed by atoms with van der Waals surface area (Å²) in [5.74, 6) is 1.10. The minimum atomic E-state index is -0.184. The van der Waals surface area contributed by atoms with E-state index in [0.717, 1.165) is 28.8 Å². The molecule has 1 unspecified atom stereocenters. The van der Waals surface area contributed by atoms with Crippen LogP contribution in [0.25, 0.3) is 11.0 Å². The quantitative estimate of drug-likeness (QED) is 0.359. The Morgan fingerprint density at radius 3 is 2.32 bits per heavy atom. The number of hydrogen-bond acceptors (Lipinski definition) is 3. The molecule has 1 amide bonds. The summed E-state index contributed by atoms with van der Waals surface area (Å²) < 4.78 is 2.27. The highest BCUT2D eigenvalue weighted by Crippen LogP contribution is 2.33. The first-order valence-corrected chi connectivity index (χ1v) is 12.1. The molecule has 0 radical (unpaired) electrons. The van der Waals surface area contributed by atoms with Crippen molar-refractivity contribution in [1.82, 2.24) is 14.5 Å². The van der Waals surface area contributed by atoms with Gasteiger partial charge in [-0.3, -0.25) is 4.79 Å². The molecule has 1 aromatic heterocycles. The predicted molar refractivity (Wildman–Crippen MR) is 139 cm³/mol. The number of hydrogen-bond donors (Lipinski definition) is 1. The molecular formula is C29H34N4O. The fourth-order valence-corrected chi connectivity index (χ4v) is 4.54. The Morgan fingerprint density at radius 1 is 0.971 bits per heavy atom. The lowest BCUT2D eigenvalue weighted by Crippen LogP contribution is -2.40. The molecule has 3 aromatic carbocycles. The summed E-state index contributed by atoms with van der Waals surface area (Å²) in [6.45, 7) is 8.17. The van der Waals surface area contributed by atoms with Crippen molar-refractivity contribution in [1.29, 1.82) is 0 Å². The molecule has 0 saturated carbocycles. The fourth-order valence-electron chi connectivity index (χ4n) is 4.54. The van der Waals surface area contributed by atoms with E-state index >= 15 is 0 Å². The average Bonchev–Trinajstić information content (AvgIpc) is 3.19. The first kappa shape index (κ1) is 23.7. The number of rotatable bonds is 9. The van der Waals surface area contributed by atoms with Crippen LogP contribution in [0, 0.1) is 12.8 Å². The van der Waals surface area contributed by atoms with Gasteiger partial charge in [0.15, 0.2) is 0 Å². The van der Waals surface area contributed by atoms with Gasteiger partial charge in [0.05, 0.1) is 17.1 Å². The molecule has 0 aliphatic heterocycles. The maximum atomic E-state index is 13.8. The lowest BCUT2D eigenvalue weighted by Gasteiger charge is -2.34. The van der Waals surface area contributed by atoms with Gasteiger partial charge in [0.2, 0.25) is 0 Å². The van der Waals surface area contributed by atoms with E-state index in [9.17, 15) is 4.79 Å². The average molecular weight is 455 g/mol. The predicted octanol–water partition coefficient (Wildman–Crippen LogP) is 5.58. The van der Waals surface area contributed by atoms with Gasteiger partial charge < -0.3 is 15.2 Å².